The second kappa shape index (κ2) is 6.62. The van der Waals surface area contributed by atoms with Crippen molar-refractivity contribution in [2.45, 2.75) is 12.5 Å². The fraction of sp³-hybridized carbons (Fsp3) is 0.250. The van der Waals surface area contributed by atoms with E-state index in [0.29, 0.717) is 11.3 Å². The summed E-state index contributed by atoms with van der Waals surface area (Å²) < 4.78 is 18.0. The number of hydrogen-bond donors (Lipinski definition) is 2. The van der Waals surface area contributed by atoms with Gasteiger partial charge in [-0.25, -0.2) is 14.2 Å². The van der Waals surface area contributed by atoms with Crippen molar-refractivity contribution < 1.29 is 19.0 Å². The summed E-state index contributed by atoms with van der Waals surface area (Å²) in [7, 11) is 1.25. The van der Waals surface area contributed by atoms with E-state index in [9.17, 15) is 14.3 Å². The highest BCUT2D eigenvalue weighted by atomic mass is 35.5. The zero-order valence-corrected chi connectivity index (χ0v) is 13.4. The van der Waals surface area contributed by atoms with Crippen LogP contribution in [-0.4, -0.2) is 29.7 Å². The molecule has 1 unspecified atom stereocenters. The van der Waals surface area contributed by atoms with Gasteiger partial charge in [0.25, 0.3) is 0 Å². The molecule has 1 aromatic heterocycles. The molecule has 0 saturated heterocycles. The molecule has 2 aromatic rings. The minimum atomic E-state index is -1.43. The van der Waals surface area contributed by atoms with Crippen LogP contribution in [0.4, 0.5) is 4.39 Å². The van der Waals surface area contributed by atoms with E-state index in [0.717, 1.165) is 0 Å². The molecule has 1 atom stereocenters. The van der Waals surface area contributed by atoms with Crippen molar-refractivity contribution in [3.63, 3.8) is 0 Å². The minimum Gasteiger partial charge on any atom is -0.465 e. The summed E-state index contributed by atoms with van der Waals surface area (Å²) in [4.78, 5) is 16.2. The summed E-state index contributed by atoms with van der Waals surface area (Å²) >= 11 is 5.79. The molecule has 2 rings (SSSR count). The van der Waals surface area contributed by atoms with E-state index in [2.05, 4.69) is 4.98 Å². The molecule has 0 amide bonds. The lowest BCUT2D eigenvalue weighted by Gasteiger charge is -2.21. The maximum Gasteiger partial charge on any atom is 0.337 e. The summed E-state index contributed by atoms with van der Waals surface area (Å²) in [5.41, 5.74) is 5.37. The molecule has 7 heteroatoms. The maximum atomic E-state index is 13.3. The molecule has 0 aliphatic heterocycles. The van der Waals surface area contributed by atoms with Crippen molar-refractivity contribution in [1.29, 1.82) is 0 Å². The van der Waals surface area contributed by atoms with E-state index in [-0.39, 0.29) is 22.8 Å². The van der Waals surface area contributed by atoms with E-state index in [1.54, 1.807) is 0 Å². The first-order valence-corrected chi connectivity index (χ1v) is 7.15. The molecule has 0 fully saturated rings. The van der Waals surface area contributed by atoms with Crippen LogP contribution >= 0.6 is 11.6 Å². The van der Waals surface area contributed by atoms with Gasteiger partial charge in [-0.05, 0) is 37.3 Å². The molecule has 0 aliphatic carbocycles. The van der Waals surface area contributed by atoms with Gasteiger partial charge in [-0.1, -0.05) is 11.6 Å². The monoisotopic (exact) mass is 338 g/mol. The lowest BCUT2D eigenvalue weighted by Crippen LogP contribution is -2.32. The van der Waals surface area contributed by atoms with Crippen molar-refractivity contribution in [2.75, 3.05) is 13.7 Å². The Hall–Kier alpha value is -2.02. The van der Waals surface area contributed by atoms with Gasteiger partial charge in [0.2, 0.25) is 0 Å². The second-order valence-electron chi connectivity index (χ2n) is 5.22. The van der Waals surface area contributed by atoms with Gasteiger partial charge in [0.1, 0.15) is 11.4 Å². The molecule has 1 aromatic carbocycles. The van der Waals surface area contributed by atoms with Crippen molar-refractivity contribution in [3.05, 3.63) is 52.4 Å². The highest BCUT2D eigenvalue weighted by Gasteiger charge is 2.25. The third kappa shape index (κ3) is 3.67. The number of nitrogens with two attached hydrogens (primary N) is 1. The second-order valence-corrected chi connectivity index (χ2v) is 5.63. The van der Waals surface area contributed by atoms with E-state index >= 15 is 0 Å². The molecule has 0 aliphatic rings. The maximum absolute atomic E-state index is 13.3. The minimum absolute atomic E-state index is 0.0695. The Morgan fingerprint density at radius 3 is 2.70 bits per heavy atom. The summed E-state index contributed by atoms with van der Waals surface area (Å²) in [6.45, 7) is 1.39. The predicted octanol–water partition coefficient (Wildman–Crippen LogP) is 2.49. The van der Waals surface area contributed by atoms with Crippen LogP contribution in [0.2, 0.25) is 5.02 Å². The zero-order valence-electron chi connectivity index (χ0n) is 12.6. The summed E-state index contributed by atoms with van der Waals surface area (Å²) in [6.07, 6.45) is 0. The van der Waals surface area contributed by atoms with E-state index in [4.69, 9.17) is 22.1 Å². The van der Waals surface area contributed by atoms with Crippen LogP contribution in [0.25, 0.3) is 11.3 Å². The Bertz CT molecular complexity index is 750. The fourth-order valence-corrected chi connectivity index (χ4v) is 2.13. The number of hydrogen-bond acceptors (Lipinski definition) is 5. The number of esters is 1. The van der Waals surface area contributed by atoms with Gasteiger partial charge in [0, 0.05) is 12.1 Å². The number of rotatable bonds is 4. The number of aromatic nitrogens is 1. The molecule has 122 valence electrons. The molecular formula is C16H16ClFN2O3. The van der Waals surface area contributed by atoms with Crippen LogP contribution in [0.1, 0.15) is 23.0 Å². The highest BCUT2D eigenvalue weighted by molar-refractivity contribution is 6.31. The van der Waals surface area contributed by atoms with Crippen LogP contribution in [0, 0.1) is 5.82 Å². The zero-order chi connectivity index (χ0) is 17.2. The molecule has 1 heterocycles. The lowest BCUT2D eigenvalue weighted by atomic mass is 9.98. The van der Waals surface area contributed by atoms with Gasteiger partial charge < -0.3 is 15.6 Å². The van der Waals surface area contributed by atoms with Crippen molar-refractivity contribution in [3.8, 4) is 11.3 Å². The van der Waals surface area contributed by atoms with E-state index in [1.807, 2.05) is 0 Å². The first-order valence-electron chi connectivity index (χ1n) is 6.77. The van der Waals surface area contributed by atoms with Crippen LogP contribution in [0.3, 0.4) is 0 Å². The van der Waals surface area contributed by atoms with Gasteiger partial charge in [-0.3, -0.25) is 0 Å². The van der Waals surface area contributed by atoms with Gasteiger partial charge >= 0.3 is 5.97 Å². The van der Waals surface area contributed by atoms with Crippen molar-refractivity contribution in [2.24, 2.45) is 5.73 Å². The number of aliphatic hydroxyl groups is 1. The number of carbonyl (C=O) groups is 1. The topological polar surface area (TPSA) is 85.4 Å². The van der Waals surface area contributed by atoms with Gasteiger partial charge in [-0.2, -0.15) is 0 Å². The number of carbonyl (C=O) groups excluding carboxylic acids is 1. The molecule has 23 heavy (non-hydrogen) atoms. The third-order valence-electron chi connectivity index (χ3n) is 3.41. The molecule has 0 radical (unpaired) electrons. The first-order chi connectivity index (χ1) is 10.8. The first kappa shape index (κ1) is 17.3. The van der Waals surface area contributed by atoms with Gasteiger partial charge in [-0.15, -0.1) is 0 Å². The van der Waals surface area contributed by atoms with Crippen molar-refractivity contribution in [1.82, 2.24) is 4.98 Å². The van der Waals surface area contributed by atoms with E-state index in [1.165, 1.54) is 44.4 Å². The number of ether oxygens (including phenoxy) is 1. The molecule has 0 saturated carbocycles. The lowest BCUT2D eigenvalue weighted by molar-refractivity contribution is 0.0586. The van der Waals surface area contributed by atoms with Crippen molar-refractivity contribution >= 4 is 17.6 Å². The van der Waals surface area contributed by atoms with Crippen LogP contribution in [0.5, 0.6) is 0 Å². The Labute approximate surface area is 137 Å². The normalized spacial score (nSPS) is 13.5. The molecular weight excluding hydrogens is 323 g/mol. The highest BCUT2D eigenvalue weighted by Crippen LogP contribution is 2.27. The molecule has 0 spiro atoms. The summed E-state index contributed by atoms with van der Waals surface area (Å²) in [6, 6.07) is 6.95. The predicted molar refractivity (Wildman–Crippen MR) is 84.6 cm³/mol. The number of pyridine rings is 1. The smallest absolute Gasteiger partial charge is 0.337 e. The SMILES string of the molecule is COC(=O)c1cc(-c2ccc(F)c(Cl)c2)nc(C(C)(O)CN)c1. The number of methoxy groups -OCH3 is 1. The van der Waals surface area contributed by atoms with Gasteiger partial charge in [0.15, 0.2) is 0 Å². The Kier molecular flexibility index (Phi) is 4.99. The summed E-state index contributed by atoms with van der Waals surface area (Å²) in [5.74, 6) is -1.15. The van der Waals surface area contributed by atoms with Gasteiger partial charge in [0.05, 0.1) is 29.1 Å². The fourth-order valence-electron chi connectivity index (χ4n) is 1.95. The van der Waals surface area contributed by atoms with Crippen LogP contribution in [0.15, 0.2) is 30.3 Å². The quantitative estimate of drug-likeness (QED) is 0.837. The standard InChI is InChI=1S/C16H16ClFN2O3/c1-16(22,8-19)14-7-10(15(21)23-2)6-13(20-14)9-3-4-12(18)11(17)5-9/h3-7,22H,8,19H2,1-2H3. The average Bonchev–Trinajstić information content (AvgIpc) is 2.56. The Morgan fingerprint density at radius 1 is 1.43 bits per heavy atom. The Morgan fingerprint density at radius 2 is 2.13 bits per heavy atom. The number of nitrogens with zero attached hydrogens (tertiary/aromatic N) is 1. The largest absolute Gasteiger partial charge is 0.465 e. The van der Waals surface area contributed by atoms with Crippen LogP contribution < -0.4 is 5.73 Å². The average molecular weight is 339 g/mol. The van der Waals surface area contributed by atoms with Crippen LogP contribution in [-0.2, 0) is 10.3 Å². The number of benzene rings is 1. The summed E-state index contributed by atoms with van der Waals surface area (Å²) in [5, 5.41) is 10.2. The molecule has 5 nitrogen and oxygen atoms in total. The molecule has 3 N–H and O–H groups in total. The Balaban J connectivity index is 2.64. The third-order valence-corrected chi connectivity index (χ3v) is 3.70. The van der Waals surface area contributed by atoms with E-state index < -0.39 is 17.4 Å². The number of halogens is 2. The molecule has 0 bridgehead atoms.